The first-order chi connectivity index (χ1) is 6.45. The summed E-state index contributed by atoms with van der Waals surface area (Å²) < 4.78 is 9.98. The fraction of sp³-hybridized carbons (Fsp3) is 0.900. The summed E-state index contributed by atoms with van der Waals surface area (Å²) in [6.07, 6.45) is 0.404. The molecule has 4 heteroatoms. The van der Waals surface area contributed by atoms with Gasteiger partial charge in [-0.15, -0.1) is 0 Å². The summed E-state index contributed by atoms with van der Waals surface area (Å²) in [4.78, 5) is 11.3. The lowest BCUT2D eigenvalue weighted by Crippen LogP contribution is -2.40. The summed E-state index contributed by atoms with van der Waals surface area (Å²) in [5, 5.41) is 2.86. The van der Waals surface area contributed by atoms with E-state index in [0.717, 1.165) is 0 Å². The molecular formula is C10H21NO3. The monoisotopic (exact) mass is 203 g/mol. The molecule has 0 saturated carbocycles. The average molecular weight is 203 g/mol. The standard InChI is InChI=1S/C10H21NO3/c1-10(2,3)11-9(12)5-6-14-8-7-13-4/h5-8H2,1-4H3,(H,11,12). The second-order valence-electron chi connectivity index (χ2n) is 4.15. The molecule has 0 aliphatic heterocycles. The van der Waals surface area contributed by atoms with Gasteiger partial charge in [0.1, 0.15) is 0 Å². The van der Waals surface area contributed by atoms with Crippen molar-refractivity contribution in [1.29, 1.82) is 0 Å². The zero-order valence-electron chi connectivity index (χ0n) is 9.55. The third-order valence-corrected chi connectivity index (χ3v) is 1.42. The molecule has 14 heavy (non-hydrogen) atoms. The van der Waals surface area contributed by atoms with Gasteiger partial charge in [0, 0.05) is 19.1 Å². The second-order valence-corrected chi connectivity index (χ2v) is 4.15. The van der Waals surface area contributed by atoms with Crippen molar-refractivity contribution in [3.63, 3.8) is 0 Å². The number of nitrogens with one attached hydrogen (secondary N) is 1. The molecule has 0 spiro atoms. The lowest BCUT2D eigenvalue weighted by Gasteiger charge is -2.20. The van der Waals surface area contributed by atoms with E-state index < -0.39 is 0 Å². The maximum Gasteiger partial charge on any atom is 0.222 e. The molecule has 0 aliphatic carbocycles. The van der Waals surface area contributed by atoms with Crippen molar-refractivity contribution in [3.8, 4) is 0 Å². The third kappa shape index (κ3) is 9.48. The van der Waals surface area contributed by atoms with Gasteiger partial charge in [0.2, 0.25) is 5.91 Å². The SMILES string of the molecule is COCCOCCC(=O)NC(C)(C)C. The summed E-state index contributed by atoms with van der Waals surface area (Å²) >= 11 is 0. The second kappa shape index (κ2) is 6.79. The summed E-state index contributed by atoms with van der Waals surface area (Å²) in [6.45, 7) is 7.43. The highest BCUT2D eigenvalue weighted by atomic mass is 16.5. The Bertz CT molecular complexity index is 163. The van der Waals surface area contributed by atoms with Crippen LogP contribution in [0.4, 0.5) is 0 Å². The van der Waals surface area contributed by atoms with Crippen LogP contribution >= 0.6 is 0 Å². The number of methoxy groups -OCH3 is 1. The van der Waals surface area contributed by atoms with Crippen LogP contribution in [-0.2, 0) is 14.3 Å². The fourth-order valence-electron chi connectivity index (χ4n) is 0.890. The molecule has 0 aliphatic rings. The van der Waals surface area contributed by atoms with E-state index in [0.29, 0.717) is 26.2 Å². The van der Waals surface area contributed by atoms with E-state index in [4.69, 9.17) is 9.47 Å². The normalized spacial score (nSPS) is 11.4. The number of rotatable bonds is 6. The summed E-state index contributed by atoms with van der Waals surface area (Å²) in [7, 11) is 1.62. The van der Waals surface area contributed by atoms with Crippen LogP contribution in [-0.4, -0.2) is 38.4 Å². The first kappa shape index (κ1) is 13.4. The van der Waals surface area contributed by atoms with Crippen molar-refractivity contribution in [3.05, 3.63) is 0 Å². The van der Waals surface area contributed by atoms with Crippen LogP contribution in [0.25, 0.3) is 0 Å². The van der Waals surface area contributed by atoms with Crippen LogP contribution in [0, 0.1) is 0 Å². The molecule has 0 aromatic heterocycles. The molecule has 0 fully saturated rings. The van der Waals surface area contributed by atoms with E-state index in [1.165, 1.54) is 0 Å². The van der Waals surface area contributed by atoms with Crippen LogP contribution in [0.2, 0.25) is 0 Å². The van der Waals surface area contributed by atoms with E-state index in [1.54, 1.807) is 7.11 Å². The Morgan fingerprint density at radius 1 is 1.21 bits per heavy atom. The van der Waals surface area contributed by atoms with Crippen molar-refractivity contribution in [2.24, 2.45) is 0 Å². The molecule has 0 heterocycles. The summed E-state index contributed by atoms with van der Waals surface area (Å²) in [5.41, 5.74) is -0.163. The van der Waals surface area contributed by atoms with Gasteiger partial charge in [-0.2, -0.15) is 0 Å². The first-order valence-corrected chi connectivity index (χ1v) is 4.83. The largest absolute Gasteiger partial charge is 0.382 e. The number of amides is 1. The van der Waals surface area contributed by atoms with Crippen LogP contribution in [0.3, 0.4) is 0 Å². The molecule has 0 aromatic rings. The molecule has 0 atom stereocenters. The van der Waals surface area contributed by atoms with Gasteiger partial charge in [0.15, 0.2) is 0 Å². The van der Waals surface area contributed by atoms with E-state index >= 15 is 0 Å². The number of carbonyl (C=O) groups is 1. The van der Waals surface area contributed by atoms with Gasteiger partial charge < -0.3 is 14.8 Å². The minimum atomic E-state index is -0.163. The predicted molar refractivity (Wildman–Crippen MR) is 55.2 cm³/mol. The lowest BCUT2D eigenvalue weighted by atomic mass is 10.1. The molecule has 1 N–H and O–H groups in total. The Hall–Kier alpha value is -0.610. The summed E-state index contributed by atoms with van der Waals surface area (Å²) in [5.74, 6) is 0.0231. The highest BCUT2D eigenvalue weighted by molar-refractivity contribution is 5.76. The Labute approximate surface area is 86.0 Å². The van der Waals surface area contributed by atoms with Crippen LogP contribution in [0.5, 0.6) is 0 Å². The highest BCUT2D eigenvalue weighted by Crippen LogP contribution is 1.98. The fourth-order valence-corrected chi connectivity index (χ4v) is 0.890. The minimum Gasteiger partial charge on any atom is -0.382 e. The Balaban J connectivity index is 3.36. The summed E-state index contributed by atoms with van der Waals surface area (Å²) in [6, 6.07) is 0. The van der Waals surface area contributed by atoms with E-state index in [2.05, 4.69) is 5.32 Å². The maximum atomic E-state index is 11.3. The van der Waals surface area contributed by atoms with E-state index in [9.17, 15) is 4.79 Å². The Morgan fingerprint density at radius 3 is 2.36 bits per heavy atom. The zero-order valence-corrected chi connectivity index (χ0v) is 9.55. The van der Waals surface area contributed by atoms with Gasteiger partial charge in [-0.3, -0.25) is 4.79 Å². The van der Waals surface area contributed by atoms with E-state index in [-0.39, 0.29) is 11.4 Å². The average Bonchev–Trinajstić information content (AvgIpc) is 2.00. The van der Waals surface area contributed by atoms with Crippen LogP contribution in [0.15, 0.2) is 0 Å². The van der Waals surface area contributed by atoms with Gasteiger partial charge in [-0.1, -0.05) is 0 Å². The molecule has 4 nitrogen and oxygen atoms in total. The van der Waals surface area contributed by atoms with Gasteiger partial charge in [0.05, 0.1) is 19.8 Å². The zero-order chi connectivity index (χ0) is 11.0. The number of hydrogen-bond donors (Lipinski definition) is 1. The molecule has 0 bridgehead atoms. The quantitative estimate of drug-likeness (QED) is 0.654. The smallest absolute Gasteiger partial charge is 0.222 e. The van der Waals surface area contributed by atoms with Crippen molar-refractivity contribution in [2.45, 2.75) is 32.7 Å². The minimum absolute atomic E-state index is 0.0231. The number of ether oxygens (including phenoxy) is 2. The highest BCUT2D eigenvalue weighted by Gasteiger charge is 2.12. The topological polar surface area (TPSA) is 47.6 Å². The lowest BCUT2D eigenvalue weighted by molar-refractivity contribution is -0.123. The Kier molecular flexibility index (Phi) is 6.49. The molecular weight excluding hydrogens is 182 g/mol. The van der Waals surface area contributed by atoms with Gasteiger partial charge in [-0.05, 0) is 20.8 Å². The molecule has 0 radical (unpaired) electrons. The van der Waals surface area contributed by atoms with Crippen molar-refractivity contribution in [1.82, 2.24) is 5.32 Å². The molecule has 0 aromatic carbocycles. The van der Waals surface area contributed by atoms with Gasteiger partial charge in [-0.25, -0.2) is 0 Å². The van der Waals surface area contributed by atoms with Crippen LogP contribution < -0.4 is 5.32 Å². The molecule has 0 rings (SSSR count). The third-order valence-electron chi connectivity index (χ3n) is 1.42. The van der Waals surface area contributed by atoms with Gasteiger partial charge >= 0.3 is 0 Å². The van der Waals surface area contributed by atoms with Gasteiger partial charge in [0.25, 0.3) is 0 Å². The maximum absolute atomic E-state index is 11.3. The van der Waals surface area contributed by atoms with E-state index in [1.807, 2.05) is 20.8 Å². The first-order valence-electron chi connectivity index (χ1n) is 4.83. The molecule has 0 saturated heterocycles. The number of carbonyl (C=O) groups excluding carboxylic acids is 1. The molecule has 1 amide bonds. The van der Waals surface area contributed by atoms with Crippen molar-refractivity contribution in [2.75, 3.05) is 26.9 Å². The van der Waals surface area contributed by atoms with Crippen LogP contribution in [0.1, 0.15) is 27.2 Å². The predicted octanol–water partition coefficient (Wildman–Crippen LogP) is 0.954. The molecule has 84 valence electrons. The Morgan fingerprint density at radius 2 is 1.86 bits per heavy atom. The molecule has 0 unspecified atom stereocenters. The van der Waals surface area contributed by atoms with Crippen molar-refractivity contribution >= 4 is 5.91 Å². The number of hydrogen-bond acceptors (Lipinski definition) is 3. The van der Waals surface area contributed by atoms with Crippen molar-refractivity contribution < 1.29 is 14.3 Å².